The van der Waals surface area contributed by atoms with Crippen LogP contribution in [0.1, 0.15) is 36.5 Å². The summed E-state index contributed by atoms with van der Waals surface area (Å²) < 4.78 is 5.52. The highest BCUT2D eigenvalue weighted by atomic mass is 16.5. The molecule has 0 spiro atoms. The number of nitrogens with zero attached hydrogens (tertiary/aromatic N) is 1. The first-order valence-electron chi connectivity index (χ1n) is 11.2. The fourth-order valence-electron chi connectivity index (χ4n) is 3.05. The van der Waals surface area contributed by atoms with Gasteiger partial charge in [-0.15, -0.1) is 0 Å². The summed E-state index contributed by atoms with van der Waals surface area (Å²) >= 11 is 0. The Labute approximate surface area is 204 Å². The largest absolute Gasteiger partial charge is 0.484 e. The molecule has 0 aliphatic carbocycles. The number of hydrogen-bond donors (Lipinski definition) is 3. The summed E-state index contributed by atoms with van der Waals surface area (Å²) in [5.41, 5.74) is 5.61. The molecule has 0 saturated heterocycles. The lowest BCUT2D eigenvalue weighted by Gasteiger charge is -2.08. The van der Waals surface area contributed by atoms with Gasteiger partial charge in [0.25, 0.3) is 5.91 Å². The van der Waals surface area contributed by atoms with E-state index in [0.717, 1.165) is 5.56 Å². The van der Waals surface area contributed by atoms with Gasteiger partial charge in [-0.05, 0) is 46.9 Å². The number of anilines is 1. The van der Waals surface area contributed by atoms with E-state index < -0.39 is 11.8 Å². The molecule has 180 valence electrons. The number of amides is 3. The second kappa shape index (κ2) is 12.7. The second-order valence-electron chi connectivity index (χ2n) is 8.05. The lowest BCUT2D eigenvalue weighted by Crippen LogP contribution is -2.37. The number of para-hydroxylation sites is 1. The van der Waals surface area contributed by atoms with Crippen LogP contribution in [0.15, 0.2) is 84.0 Å². The number of carbonyl (C=O) groups is 3. The van der Waals surface area contributed by atoms with Crippen molar-refractivity contribution in [3.8, 4) is 5.75 Å². The SMILES string of the molecule is CC(C)c1ccc(CNC(=O)C(=O)N/N=C\c2cccc(OCC(=O)Nc3ccccc3)c2)cc1. The molecule has 0 atom stereocenters. The van der Waals surface area contributed by atoms with Crippen molar-refractivity contribution in [3.05, 3.63) is 95.6 Å². The van der Waals surface area contributed by atoms with Crippen LogP contribution in [0.2, 0.25) is 0 Å². The number of nitrogens with one attached hydrogen (secondary N) is 3. The number of ether oxygens (including phenoxy) is 1. The molecule has 0 unspecified atom stereocenters. The summed E-state index contributed by atoms with van der Waals surface area (Å²) in [5.74, 6) is -1.05. The molecule has 3 aromatic carbocycles. The lowest BCUT2D eigenvalue weighted by molar-refractivity contribution is -0.139. The summed E-state index contributed by atoms with van der Waals surface area (Å²) in [6.07, 6.45) is 1.38. The third-order valence-electron chi connectivity index (χ3n) is 4.97. The molecule has 3 amide bonds. The van der Waals surface area contributed by atoms with Crippen molar-refractivity contribution in [2.75, 3.05) is 11.9 Å². The van der Waals surface area contributed by atoms with Crippen molar-refractivity contribution >= 4 is 29.6 Å². The van der Waals surface area contributed by atoms with Gasteiger partial charge in [0.2, 0.25) is 0 Å². The van der Waals surface area contributed by atoms with Gasteiger partial charge in [0.1, 0.15) is 5.75 Å². The Morgan fingerprint density at radius 1 is 0.914 bits per heavy atom. The van der Waals surface area contributed by atoms with Gasteiger partial charge in [0, 0.05) is 12.2 Å². The van der Waals surface area contributed by atoms with E-state index in [0.29, 0.717) is 22.9 Å². The van der Waals surface area contributed by atoms with E-state index in [2.05, 4.69) is 35.0 Å². The van der Waals surface area contributed by atoms with Crippen LogP contribution in [0.3, 0.4) is 0 Å². The topological polar surface area (TPSA) is 109 Å². The molecule has 3 N–H and O–H groups in total. The molecule has 0 aromatic heterocycles. The van der Waals surface area contributed by atoms with E-state index in [1.807, 2.05) is 42.5 Å². The zero-order valence-electron chi connectivity index (χ0n) is 19.7. The Balaban J connectivity index is 1.42. The van der Waals surface area contributed by atoms with Crippen LogP contribution in [0.25, 0.3) is 0 Å². The molecule has 0 fully saturated rings. The van der Waals surface area contributed by atoms with Crippen molar-refractivity contribution in [3.63, 3.8) is 0 Å². The zero-order chi connectivity index (χ0) is 25.0. The molecule has 0 radical (unpaired) electrons. The number of rotatable bonds is 9. The van der Waals surface area contributed by atoms with E-state index in [-0.39, 0.29) is 19.1 Å². The smallest absolute Gasteiger partial charge is 0.329 e. The van der Waals surface area contributed by atoms with Gasteiger partial charge >= 0.3 is 11.8 Å². The second-order valence-corrected chi connectivity index (χ2v) is 8.05. The van der Waals surface area contributed by atoms with E-state index >= 15 is 0 Å². The summed E-state index contributed by atoms with van der Waals surface area (Å²) in [7, 11) is 0. The third kappa shape index (κ3) is 8.43. The number of hydrazone groups is 1. The average Bonchev–Trinajstić information content (AvgIpc) is 2.87. The maximum atomic E-state index is 12.0. The molecule has 3 rings (SSSR count). The normalized spacial score (nSPS) is 10.7. The predicted octanol–water partition coefficient (Wildman–Crippen LogP) is 3.59. The van der Waals surface area contributed by atoms with Crippen LogP contribution in [0.5, 0.6) is 5.75 Å². The Bertz CT molecular complexity index is 1180. The molecule has 8 heteroatoms. The van der Waals surface area contributed by atoms with Gasteiger partial charge in [-0.25, -0.2) is 5.43 Å². The van der Waals surface area contributed by atoms with Gasteiger partial charge in [0.05, 0.1) is 6.21 Å². The fraction of sp³-hybridized carbons (Fsp3) is 0.185. The maximum Gasteiger partial charge on any atom is 0.329 e. The monoisotopic (exact) mass is 472 g/mol. The third-order valence-corrected chi connectivity index (χ3v) is 4.97. The Kier molecular flexibility index (Phi) is 9.13. The van der Waals surface area contributed by atoms with Gasteiger partial charge < -0.3 is 15.4 Å². The zero-order valence-corrected chi connectivity index (χ0v) is 19.7. The minimum atomic E-state index is -0.870. The van der Waals surface area contributed by atoms with Crippen molar-refractivity contribution in [1.29, 1.82) is 0 Å². The summed E-state index contributed by atoms with van der Waals surface area (Å²) in [5, 5.41) is 9.12. The van der Waals surface area contributed by atoms with Gasteiger partial charge in [-0.2, -0.15) is 5.10 Å². The molecular weight excluding hydrogens is 444 g/mol. The van der Waals surface area contributed by atoms with Crippen LogP contribution in [-0.4, -0.2) is 30.5 Å². The van der Waals surface area contributed by atoms with E-state index in [4.69, 9.17) is 4.74 Å². The van der Waals surface area contributed by atoms with Gasteiger partial charge in [-0.1, -0.05) is 68.4 Å². The first-order chi connectivity index (χ1) is 16.9. The highest BCUT2D eigenvalue weighted by Gasteiger charge is 2.12. The van der Waals surface area contributed by atoms with E-state index in [9.17, 15) is 14.4 Å². The quantitative estimate of drug-likeness (QED) is 0.251. The van der Waals surface area contributed by atoms with Gasteiger partial charge in [-0.3, -0.25) is 14.4 Å². The number of benzene rings is 3. The standard InChI is InChI=1S/C27H28N4O4/c1-19(2)22-13-11-20(12-14-22)16-28-26(33)27(34)31-29-17-21-7-6-10-24(15-21)35-18-25(32)30-23-8-4-3-5-9-23/h3-15,17,19H,16,18H2,1-2H3,(H,28,33)(H,30,32)(H,31,34)/b29-17-. The van der Waals surface area contributed by atoms with Crippen molar-refractivity contribution in [2.45, 2.75) is 26.3 Å². The van der Waals surface area contributed by atoms with E-state index in [1.54, 1.807) is 36.4 Å². The number of hydrogen-bond acceptors (Lipinski definition) is 5. The first-order valence-corrected chi connectivity index (χ1v) is 11.2. The van der Waals surface area contributed by atoms with Crippen LogP contribution in [0, 0.1) is 0 Å². The Morgan fingerprint density at radius 3 is 2.37 bits per heavy atom. The van der Waals surface area contributed by atoms with Crippen LogP contribution in [-0.2, 0) is 20.9 Å². The molecule has 0 heterocycles. The summed E-state index contributed by atoms with van der Waals surface area (Å²) in [6.45, 7) is 4.30. The van der Waals surface area contributed by atoms with Gasteiger partial charge in [0.15, 0.2) is 6.61 Å². The average molecular weight is 473 g/mol. The summed E-state index contributed by atoms with van der Waals surface area (Å²) in [4.78, 5) is 36.0. The molecule has 3 aromatic rings. The first kappa shape index (κ1) is 25.2. The predicted molar refractivity (Wildman–Crippen MR) is 135 cm³/mol. The molecule has 8 nitrogen and oxygen atoms in total. The maximum absolute atomic E-state index is 12.0. The minimum Gasteiger partial charge on any atom is -0.484 e. The lowest BCUT2D eigenvalue weighted by atomic mass is 10.0. The van der Waals surface area contributed by atoms with Crippen molar-refractivity contribution < 1.29 is 19.1 Å². The number of carbonyl (C=O) groups excluding carboxylic acids is 3. The van der Waals surface area contributed by atoms with Crippen LogP contribution in [0.4, 0.5) is 5.69 Å². The van der Waals surface area contributed by atoms with Crippen LogP contribution >= 0.6 is 0 Å². The van der Waals surface area contributed by atoms with Crippen molar-refractivity contribution in [2.24, 2.45) is 5.10 Å². The Hall–Kier alpha value is -4.46. The fourth-order valence-corrected chi connectivity index (χ4v) is 3.05. The molecule has 0 aliphatic heterocycles. The molecular formula is C27H28N4O4. The highest BCUT2D eigenvalue weighted by Crippen LogP contribution is 2.15. The van der Waals surface area contributed by atoms with E-state index in [1.165, 1.54) is 11.8 Å². The minimum absolute atomic E-state index is 0.160. The molecule has 0 saturated carbocycles. The molecule has 35 heavy (non-hydrogen) atoms. The Morgan fingerprint density at radius 2 is 1.66 bits per heavy atom. The molecule has 0 bridgehead atoms. The van der Waals surface area contributed by atoms with Crippen molar-refractivity contribution in [1.82, 2.24) is 10.7 Å². The highest BCUT2D eigenvalue weighted by molar-refractivity contribution is 6.35. The van der Waals surface area contributed by atoms with Crippen LogP contribution < -0.4 is 20.8 Å². The summed E-state index contributed by atoms with van der Waals surface area (Å²) in [6, 6.07) is 23.8. The molecule has 0 aliphatic rings.